The number of nitrogens with zero attached hydrogens (tertiary/aromatic N) is 5. The van der Waals surface area contributed by atoms with Crippen LogP contribution in [0.4, 0.5) is 4.39 Å². The lowest BCUT2D eigenvalue weighted by atomic mass is 9.57. The molecule has 0 amide bonds. The van der Waals surface area contributed by atoms with Crippen molar-refractivity contribution in [1.82, 2.24) is 24.7 Å². The number of fused-ring (bicyclic) bond motifs is 4. The highest BCUT2D eigenvalue weighted by molar-refractivity contribution is 5.89. The lowest BCUT2D eigenvalue weighted by Gasteiger charge is -2.47. The highest BCUT2D eigenvalue weighted by Gasteiger charge is 2.47. The molecular weight excluding hydrogens is 385 g/mol. The largest absolute Gasteiger partial charge is 0.469 e. The van der Waals surface area contributed by atoms with E-state index in [0.29, 0.717) is 40.7 Å². The van der Waals surface area contributed by atoms with Gasteiger partial charge in [0, 0.05) is 13.2 Å². The van der Waals surface area contributed by atoms with Gasteiger partial charge in [0.1, 0.15) is 17.2 Å². The van der Waals surface area contributed by atoms with Crippen molar-refractivity contribution >= 4 is 17.0 Å². The number of rotatable bonds is 4. The molecule has 0 radical (unpaired) electrons. The third kappa shape index (κ3) is 3.14. The highest BCUT2D eigenvalue weighted by Crippen LogP contribution is 2.50. The van der Waals surface area contributed by atoms with E-state index in [9.17, 15) is 9.18 Å². The summed E-state index contributed by atoms with van der Waals surface area (Å²) in [4.78, 5) is 25.8. The van der Waals surface area contributed by atoms with Gasteiger partial charge in [-0.25, -0.2) is 19.0 Å². The van der Waals surface area contributed by atoms with Gasteiger partial charge in [0.25, 0.3) is 0 Å². The molecule has 2 bridgehead atoms. The second-order valence-electron chi connectivity index (χ2n) is 8.48. The number of pyridine rings is 1. The predicted octanol–water partition coefficient (Wildman–Crippen LogP) is 3.33. The first-order chi connectivity index (χ1) is 14.5. The second-order valence-corrected chi connectivity index (χ2v) is 8.48. The van der Waals surface area contributed by atoms with Crippen LogP contribution in [-0.2, 0) is 23.0 Å². The Morgan fingerprint density at radius 3 is 2.73 bits per heavy atom. The summed E-state index contributed by atoms with van der Waals surface area (Å²) in [7, 11) is 3.25. The fraction of sp³-hybridized carbons (Fsp3) is 0.500. The van der Waals surface area contributed by atoms with E-state index in [4.69, 9.17) is 9.72 Å². The number of carbonyl (C=O) groups is 1. The van der Waals surface area contributed by atoms with Crippen molar-refractivity contribution in [2.45, 2.75) is 32.1 Å². The topological polar surface area (TPSA) is 82.8 Å². The Hall–Kier alpha value is -2.90. The maximum absolute atomic E-state index is 13.8. The molecule has 3 aliphatic carbocycles. The van der Waals surface area contributed by atoms with Crippen molar-refractivity contribution in [3.05, 3.63) is 36.2 Å². The minimum absolute atomic E-state index is 0.0677. The first-order valence-corrected chi connectivity index (χ1v) is 10.4. The van der Waals surface area contributed by atoms with Crippen LogP contribution in [0.3, 0.4) is 0 Å². The van der Waals surface area contributed by atoms with E-state index < -0.39 is 5.82 Å². The van der Waals surface area contributed by atoms with Crippen molar-refractivity contribution in [2.75, 3.05) is 7.11 Å². The van der Waals surface area contributed by atoms with Crippen molar-refractivity contribution in [1.29, 1.82) is 0 Å². The summed E-state index contributed by atoms with van der Waals surface area (Å²) in [5.74, 6) is 0.544. The number of carbonyl (C=O) groups excluding carboxylic acids is 1. The van der Waals surface area contributed by atoms with Gasteiger partial charge in [0.2, 0.25) is 0 Å². The zero-order valence-electron chi connectivity index (χ0n) is 17.1. The van der Waals surface area contributed by atoms with Crippen LogP contribution in [0.2, 0.25) is 0 Å². The molecule has 0 unspecified atom stereocenters. The number of methoxy groups -OCH3 is 1. The molecule has 156 valence electrons. The number of hydrogen-bond donors (Lipinski definition) is 0. The fourth-order valence-corrected chi connectivity index (χ4v) is 5.54. The van der Waals surface area contributed by atoms with E-state index in [0.717, 1.165) is 31.4 Å². The van der Waals surface area contributed by atoms with Crippen LogP contribution in [0, 0.1) is 29.5 Å². The maximum Gasteiger partial charge on any atom is 0.309 e. The quantitative estimate of drug-likeness (QED) is 0.615. The van der Waals surface area contributed by atoms with E-state index in [1.54, 1.807) is 24.1 Å². The predicted molar refractivity (Wildman–Crippen MR) is 108 cm³/mol. The standard InChI is InChI=1S/C22H24FN5O2/c1-28-21-17(7-14(23)9-25-21)20(27-28)18-11-24-10-15(26-18)8-16-12-3-5-13(6-4-12)19(16)22(29)30-2/h7,9-13,16,19H,3-6,8H2,1-2H3/t12?,13?,16-,19-/m0/s1. The molecule has 7 nitrogen and oxygen atoms in total. The second kappa shape index (κ2) is 7.41. The normalized spacial score (nSPS) is 25.6. The summed E-state index contributed by atoms with van der Waals surface area (Å²) < 4.78 is 20.5. The van der Waals surface area contributed by atoms with Gasteiger partial charge in [-0.3, -0.25) is 9.78 Å². The Labute approximate surface area is 173 Å². The average Bonchev–Trinajstić information content (AvgIpc) is 3.10. The third-order valence-corrected chi connectivity index (χ3v) is 6.88. The Balaban J connectivity index is 1.49. The summed E-state index contributed by atoms with van der Waals surface area (Å²) in [6, 6.07) is 1.42. The Kier molecular flexibility index (Phi) is 4.72. The Morgan fingerprint density at radius 1 is 1.20 bits per heavy atom. The third-order valence-electron chi connectivity index (χ3n) is 6.88. The minimum Gasteiger partial charge on any atom is -0.469 e. The molecule has 0 N–H and O–H groups in total. The lowest BCUT2D eigenvalue weighted by Crippen LogP contribution is -2.45. The Bertz CT molecular complexity index is 1110. The fourth-order valence-electron chi connectivity index (χ4n) is 5.54. The van der Waals surface area contributed by atoms with Crippen LogP contribution >= 0.6 is 0 Å². The molecule has 2 atom stereocenters. The molecule has 0 spiro atoms. The van der Waals surface area contributed by atoms with Gasteiger partial charge in [-0.15, -0.1) is 0 Å². The number of aryl methyl sites for hydroxylation is 1. The van der Waals surface area contributed by atoms with Crippen molar-refractivity contribution < 1.29 is 13.9 Å². The van der Waals surface area contributed by atoms with Crippen LogP contribution in [0.15, 0.2) is 24.7 Å². The summed E-state index contributed by atoms with van der Waals surface area (Å²) >= 11 is 0. The molecule has 6 rings (SSSR count). The number of ether oxygens (including phenoxy) is 1. The van der Waals surface area contributed by atoms with Crippen LogP contribution in [0.1, 0.15) is 31.4 Å². The van der Waals surface area contributed by atoms with Gasteiger partial charge in [-0.2, -0.15) is 5.10 Å². The van der Waals surface area contributed by atoms with Crippen molar-refractivity contribution in [3.63, 3.8) is 0 Å². The summed E-state index contributed by atoms with van der Waals surface area (Å²) in [5.41, 5.74) is 2.56. The van der Waals surface area contributed by atoms with E-state index >= 15 is 0 Å². The van der Waals surface area contributed by atoms with E-state index in [1.165, 1.54) is 19.4 Å². The van der Waals surface area contributed by atoms with Gasteiger partial charge in [0.05, 0.1) is 36.5 Å². The van der Waals surface area contributed by atoms with Crippen LogP contribution in [-0.4, -0.2) is 37.8 Å². The lowest BCUT2D eigenvalue weighted by molar-refractivity contribution is -0.156. The van der Waals surface area contributed by atoms with Crippen molar-refractivity contribution in [2.24, 2.45) is 30.7 Å². The molecule has 30 heavy (non-hydrogen) atoms. The van der Waals surface area contributed by atoms with Gasteiger partial charge in [-0.1, -0.05) is 0 Å². The van der Waals surface area contributed by atoms with Crippen molar-refractivity contribution in [3.8, 4) is 11.4 Å². The van der Waals surface area contributed by atoms with Gasteiger partial charge < -0.3 is 4.74 Å². The molecule has 3 fully saturated rings. The van der Waals surface area contributed by atoms with Crippen LogP contribution < -0.4 is 0 Å². The first-order valence-electron chi connectivity index (χ1n) is 10.4. The number of esters is 1. The molecule has 3 aromatic heterocycles. The molecule has 0 aliphatic heterocycles. The number of aromatic nitrogens is 5. The zero-order chi connectivity index (χ0) is 20.8. The molecular formula is C22H24FN5O2. The van der Waals surface area contributed by atoms with Crippen LogP contribution in [0.5, 0.6) is 0 Å². The van der Waals surface area contributed by atoms with Gasteiger partial charge in [-0.05, 0) is 55.9 Å². The van der Waals surface area contributed by atoms with Gasteiger partial charge in [0.15, 0.2) is 5.65 Å². The number of halogens is 1. The molecule has 3 saturated carbocycles. The smallest absolute Gasteiger partial charge is 0.309 e. The molecule has 0 aromatic carbocycles. The minimum atomic E-state index is -0.417. The summed E-state index contributed by atoms with van der Waals surface area (Å²) in [6.45, 7) is 0. The highest BCUT2D eigenvalue weighted by atomic mass is 19.1. The molecule has 3 aromatic rings. The van der Waals surface area contributed by atoms with E-state index in [-0.39, 0.29) is 17.8 Å². The van der Waals surface area contributed by atoms with Crippen LogP contribution in [0.25, 0.3) is 22.4 Å². The summed E-state index contributed by atoms with van der Waals surface area (Å²) in [6.07, 6.45) is 9.78. The van der Waals surface area contributed by atoms with Gasteiger partial charge >= 0.3 is 5.97 Å². The van der Waals surface area contributed by atoms with E-state index in [1.807, 2.05) is 0 Å². The monoisotopic (exact) mass is 409 g/mol. The molecule has 3 aliphatic rings. The average molecular weight is 409 g/mol. The molecule has 3 heterocycles. The molecule has 8 heteroatoms. The molecule has 0 saturated heterocycles. The maximum atomic E-state index is 13.8. The Morgan fingerprint density at radius 2 is 1.97 bits per heavy atom. The first kappa shape index (κ1) is 19.1. The summed E-state index contributed by atoms with van der Waals surface area (Å²) in [5, 5.41) is 5.10. The van der Waals surface area contributed by atoms with E-state index in [2.05, 4.69) is 15.1 Å². The number of hydrogen-bond acceptors (Lipinski definition) is 6. The zero-order valence-corrected chi connectivity index (χ0v) is 17.1. The SMILES string of the molecule is COC(=O)[C@H]1C2CCC(CC2)[C@@H]1Cc1cncc(-c2nn(C)c3ncc(F)cc23)n1.